The van der Waals surface area contributed by atoms with Crippen LogP contribution in [0.4, 0.5) is 0 Å². The molecule has 0 aliphatic heterocycles. The van der Waals surface area contributed by atoms with Gasteiger partial charge in [0, 0.05) is 12.1 Å². The van der Waals surface area contributed by atoms with Gasteiger partial charge in [-0.3, -0.25) is 9.59 Å². The number of hydrogen-bond donors (Lipinski definition) is 3. The van der Waals surface area contributed by atoms with E-state index in [1.807, 2.05) is 19.9 Å². The fourth-order valence-corrected chi connectivity index (χ4v) is 1.63. The minimum Gasteiger partial charge on any atom is -0.393 e. The molecule has 1 atom stereocenters. The molecule has 0 radical (unpaired) electrons. The van der Waals surface area contributed by atoms with Crippen molar-refractivity contribution in [2.24, 2.45) is 0 Å². The van der Waals surface area contributed by atoms with Gasteiger partial charge in [0.1, 0.15) is 0 Å². The summed E-state index contributed by atoms with van der Waals surface area (Å²) < 4.78 is 0. The van der Waals surface area contributed by atoms with Crippen LogP contribution in [0.15, 0.2) is 18.2 Å². The van der Waals surface area contributed by atoms with E-state index >= 15 is 0 Å². The number of rotatable bonds is 6. The average Bonchev–Trinajstić information content (AvgIpc) is 2.38. The zero-order valence-corrected chi connectivity index (χ0v) is 12.2. The number of carbonyl (C=O) groups excluding carboxylic acids is 2. The molecule has 0 heterocycles. The molecule has 110 valence electrons. The third kappa shape index (κ3) is 5.40. The molecular formula is C15H22N2O3. The molecule has 1 rings (SSSR count). The zero-order valence-electron chi connectivity index (χ0n) is 12.2. The van der Waals surface area contributed by atoms with E-state index in [-0.39, 0.29) is 18.4 Å². The molecule has 1 aromatic rings. The van der Waals surface area contributed by atoms with E-state index in [2.05, 4.69) is 10.6 Å². The molecule has 0 spiro atoms. The molecule has 0 aromatic heterocycles. The van der Waals surface area contributed by atoms with Gasteiger partial charge in [0.15, 0.2) is 0 Å². The van der Waals surface area contributed by atoms with Crippen LogP contribution in [0.2, 0.25) is 0 Å². The number of nitrogens with one attached hydrogen (secondary N) is 2. The Morgan fingerprint density at radius 2 is 1.90 bits per heavy atom. The van der Waals surface area contributed by atoms with E-state index < -0.39 is 6.10 Å². The second-order valence-corrected chi connectivity index (χ2v) is 4.97. The van der Waals surface area contributed by atoms with Crippen LogP contribution in [0.5, 0.6) is 0 Å². The molecular weight excluding hydrogens is 256 g/mol. The van der Waals surface area contributed by atoms with Gasteiger partial charge < -0.3 is 15.7 Å². The van der Waals surface area contributed by atoms with Gasteiger partial charge in [-0.15, -0.1) is 0 Å². The molecule has 0 bridgehead atoms. The minimum atomic E-state index is -0.444. The summed E-state index contributed by atoms with van der Waals surface area (Å²) in [7, 11) is 0. The Hall–Kier alpha value is -1.88. The van der Waals surface area contributed by atoms with Crippen molar-refractivity contribution in [2.45, 2.75) is 33.3 Å². The molecule has 0 saturated heterocycles. The van der Waals surface area contributed by atoms with Gasteiger partial charge in [-0.2, -0.15) is 0 Å². The van der Waals surface area contributed by atoms with Crippen LogP contribution in [-0.4, -0.2) is 36.1 Å². The first-order valence-corrected chi connectivity index (χ1v) is 6.70. The average molecular weight is 278 g/mol. The number of amides is 2. The van der Waals surface area contributed by atoms with E-state index in [4.69, 9.17) is 5.11 Å². The van der Waals surface area contributed by atoms with Gasteiger partial charge in [-0.1, -0.05) is 6.07 Å². The maximum atomic E-state index is 11.9. The van der Waals surface area contributed by atoms with Gasteiger partial charge in [-0.05, 0) is 50.5 Å². The van der Waals surface area contributed by atoms with Crippen molar-refractivity contribution >= 4 is 11.8 Å². The van der Waals surface area contributed by atoms with Crippen molar-refractivity contribution in [3.63, 3.8) is 0 Å². The quantitative estimate of drug-likeness (QED) is 0.724. The summed E-state index contributed by atoms with van der Waals surface area (Å²) in [6.45, 7) is 5.91. The summed E-state index contributed by atoms with van der Waals surface area (Å²) in [5, 5.41) is 14.3. The van der Waals surface area contributed by atoms with Crippen LogP contribution < -0.4 is 10.6 Å². The zero-order chi connectivity index (χ0) is 15.1. The summed E-state index contributed by atoms with van der Waals surface area (Å²) in [6.07, 6.45) is 0.0528. The van der Waals surface area contributed by atoms with Gasteiger partial charge in [-0.25, -0.2) is 0 Å². The lowest BCUT2D eigenvalue weighted by Crippen LogP contribution is -2.37. The second-order valence-electron chi connectivity index (χ2n) is 4.97. The van der Waals surface area contributed by atoms with E-state index in [1.54, 1.807) is 19.1 Å². The van der Waals surface area contributed by atoms with Crippen LogP contribution in [0.3, 0.4) is 0 Å². The minimum absolute atomic E-state index is 0.0639. The lowest BCUT2D eigenvalue weighted by atomic mass is 10.1. The Morgan fingerprint density at radius 1 is 1.20 bits per heavy atom. The molecule has 1 aromatic carbocycles. The second kappa shape index (κ2) is 7.65. The van der Waals surface area contributed by atoms with Gasteiger partial charge in [0.05, 0.1) is 12.6 Å². The van der Waals surface area contributed by atoms with Crippen LogP contribution in [0.25, 0.3) is 0 Å². The smallest absolute Gasteiger partial charge is 0.251 e. The lowest BCUT2D eigenvalue weighted by molar-refractivity contribution is -0.120. The van der Waals surface area contributed by atoms with Crippen LogP contribution >= 0.6 is 0 Å². The summed E-state index contributed by atoms with van der Waals surface area (Å²) in [5.74, 6) is -0.526. The van der Waals surface area contributed by atoms with Gasteiger partial charge in [0.2, 0.25) is 5.91 Å². The van der Waals surface area contributed by atoms with E-state index in [9.17, 15) is 9.59 Å². The van der Waals surface area contributed by atoms with E-state index in [1.165, 1.54) is 0 Å². The number of hydrogen-bond acceptors (Lipinski definition) is 3. The molecule has 0 aliphatic rings. The van der Waals surface area contributed by atoms with Crippen molar-refractivity contribution < 1.29 is 14.7 Å². The Morgan fingerprint density at radius 3 is 2.50 bits per heavy atom. The highest BCUT2D eigenvalue weighted by Gasteiger charge is 2.08. The molecule has 5 heteroatoms. The summed E-state index contributed by atoms with van der Waals surface area (Å²) >= 11 is 0. The molecule has 20 heavy (non-hydrogen) atoms. The highest BCUT2D eigenvalue weighted by Crippen LogP contribution is 2.09. The normalized spacial score (nSPS) is 11.8. The standard InChI is InChI=1S/C15H22N2O3/c1-10-4-5-13(8-11(10)2)15(20)17-9-14(19)16-7-6-12(3)18/h4-5,8,12,18H,6-7,9H2,1-3H3,(H,16,19)(H,17,20). The van der Waals surface area contributed by atoms with Crippen LogP contribution in [-0.2, 0) is 4.79 Å². The number of benzene rings is 1. The summed E-state index contributed by atoms with van der Waals surface area (Å²) in [6, 6.07) is 5.42. The molecule has 0 saturated carbocycles. The van der Waals surface area contributed by atoms with Crippen molar-refractivity contribution in [2.75, 3.05) is 13.1 Å². The molecule has 5 nitrogen and oxygen atoms in total. The third-order valence-corrected chi connectivity index (χ3v) is 3.06. The molecule has 0 aliphatic carbocycles. The highest BCUT2D eigenvalue weighted by atomic mass is 16.3. The van der Waals surface area contributed by atoms with Crippen LogP contribution in [0.1, 0.15) is 34.8 Å². The predicted molar refractivity (Wildman–Crippen MR) is 77.6 cm³/mol. The fraction of sp³-hybridized carbons (Fsp3) is 0.467. The Kier molecular flexibility index (Phi) is 6.18. The van der Waals surface area contributed by atoms with Crippen molar-refractivity contribution in [3.8, 4) is 0 Å². The van der Waals surface area contributed by atoms with Crippen molar-refractivity contribution in [1.82, 2.24) is 10.6 Å². The van der Waals surface area contributed by atoms with Crippen molar-refractivity contribution in [3.05, 3.63) is 34.9 Å². The number of aryl methyl sites for hydroxylation is 2. The highest BCUT2D eigenvalue weighted by molar-refractivity contribution is 5.96. The predicted octanol–water partition coefficient (Wildman–Crippen LogP) is 0.920. The van der Waals surface area contributed by atoms with Crippen LogP contribution in [0, 0.1) is 13.8 Å². The SMILES string of the molecule is Cc1ccc(C(=O)NCC(=O)NCCC(C)O)cc1C. The topological polar surface area (TPSA) is 78.4 Å². The molecule has 1 unspecified atom stereocenters. The fourth-order valence-electron chi connectivity index (χ4n) is 1.63. The Bertz CT molecular complexity index is 484. The maximum Gasteiger partial charge on any atom is 0.251 e. The lowest BCUT2D eigenvalue weighted by Gasteiger charge is -2.09. The largest absolute Gasteiger partial charge is 0.393 e. The first kappa shape index (κ1) is 16.2. The summed E-state index contributed by atoms with van der Waals surface area (Å²) in [4.78, 5) is 23.3. The maximum absolute atomic E-state index is 11.9. The molecule has 0 fully saturated rings. The molecule has 2 amide bonds. The number of aliphatic hydroxyl groups is 1. The van der Waals surface area contributed by atoms with Gasteiger partial charge >= 0.3 is 0 Å². The number of aliphatic hydroxyl groups excluding tert-OH is 1. The van der Waals surface area contributed by atoms with Gasteiger partial charge in [0.25, 0.3) is 5.91 Å². The Balaban J connectivity index is 2.39. The third-order valence-electron chi connectivity index (χ3n) is 3.06. The van der Waals surface area contributed by atoms with E-state index in [0.29, 0.717) is 18.5 Å². The first-order valence-electron chi connectivity index (χ1n) is 6.70. The Labute approximate surface area is 119 Å². The van der Waals surface area contributed by atoms with Crippen molar-refractivity contribution in [1.29, 1.82) is 0 Å². The monoisotopic (exact) mass is 278 g/mol. The summed E-state index contributed by atoms with van der Waals surface area (Å²) in [5.41, 5.74) is 2.71. The first-order chi connectivity index (χ1) is 9.40. The van der Waals surface area contributed by atoms with E-state index in [0.717, 1.165) is 11.1 Å². The number of carbonyl (C=O) groups is 2. The molecule has 3 N–H and O–H groups in total.